The third-order valence-electron chi connectivity index (χ3n) is 4.97. The molecule has 0 unspecified atom stereocenters. The fourth-order valence-corrected chi connectivity index (χ4v) is 3.55. The maximum absolute atomic E-state index is 14.2. The Labute approximate surface area is 154 Å². The molecule has 4 atom stereocenters. The van der Waals surface area contributed by atoms with E-state index in [9.17, 15) is 14.3 Å². The molecule has 5 heteroatoms. The van der Waals surface area contributed by atoms with Gasteiger partial charge >= 0.3 is 5.97 Å². The van der Waals surface area contributed by atoms with Gasteiger partial charge < -0.3 is 14.9 Å². The number of carboxylic acids is 1. The average molecular weight is 364 g/mol. The van der Waals surface area contributed by atoms with Crippen molar-refractivity contribution in [2.45, 2.75) is 57.9 Å². The number of rotatable bonds is 10. The first-order valence-electron chi connectivity index (χ1n) is 9.29. The molecule has 0 bridgehead atoms. The predicted molar refractivity (Wildman–Crippen MR) is 98.6 cm³/mol. The maximum atomic E-state index is 14.2. The number of allylic oxidation sites excluding steroid dienone is 2. The van der Waals surface area contributed by atoms with Crippen LogP contribution < -0.4 is 0 Å². The van der Waals surface area contributed by atoms with E-state index in [4.69, 9.17) is 9.84 Å². The number of unbranched alkanes of at least 4 members (excludes halogenated alkanes) is 1. The Kier molecular flexibility index (Phi) is 8.26. The number of carboxylic acid groups (broad SMARTS) is 1. The molecule has 1 fully saturated rings. The van der Waals surface area contributed by atoms with Gasteiger partial charge in [-0.3, -0.25) is 4.79 Å². The highest BCUT2D eigenvalue weighted by molar-refractivity contribution is 5.66. The van der Waals surface area contributed by atoms with Gasteiger partial charge in [0, 0.05) is 24.7 Å². The number of carbonyl (C=O) groups is 1. The highest BCUT2D eigenvalue weighted by Gasteiger charge is 2.42. The third-order valence-corrected chi connectivity index (χ3v) is 4.97. The van der Waals surface area contributed by atoms with E-state index in [2.05, 4.69) is 6.07 Å². The summed E-state index contributed by atoms with van der Waals surface area (Å²) >= 11 is 0. The molecular formula is C21H29FO4. The molecule has 0 aromatic heterocycles. The van der Waals surface area contributed by atoms with E-state index in [1.54, 1.807) is 0 Å². The van der Waals surface area contributed by atoms with Crippen LogP contribution in [0, 0.1) is 18.8 Å². The smallest absolute Gasteiger partial charge is 0.303 e. The highest BCUT2D eigenvalue weighted by Crippen LogP contribution is 2.37. The molecule has 0 radical (unpaired) electrons. The van der Waals surface area contributed by atoms with Gasteiger partial charge in [0.15, 0.2) is 0 Å². The Morgan fingerprint density at radius 3 is 2.88 bits per heavy atom. The van der Waals surface area contributed by atoms with Crippen molar-refractivity contribution in [1.29, 1.82) is 0 Å². The van der Waals surface area contributed by atoms with Crippen LogP contribution in [0.4, 0.5) is 4.39 Å². The minimum atomic E-state index is -1.03. The predicted octanol–water partition coefficient (Wildman–Crippen LogP) is 4.05. The first-order valence-corrected chi connectivity index (χ1v) is 9.29. The zero-order valence-electron chi connectivity index (χ0n) is 15.3. The number of hydrogen-bond acceptors (Lipinski definition) is 3. The minimum Gasteiger partial charge on any atom is -0.481 e. The van der Waals surface area contributed by atoms with Crippen LogP contribution >= 0.6 is 0 Å². The van der Waals surface area contributed by atoms with Gasteiger partial charge in [-0.1, -0.05) is 42.0 Å². The molecule has 0 spiro atoms. The summed E-state index contributed by atoms with van der Waals surface area (Å²) in [4.78, 5) is 10.5. The molecule has 1 aliphatic rings. The molecule has 0 saturated heterocycles. The van der Waals surface area contributed by atoms with E-state index in [1.165, 1.54) is 5.56 Å². The molecule has 0 amide bonds. The van der Waals surface area contributed by atoms with Gasteiger partial charge in [-0.15, -0.1) is 0 Å². The number of aryl methyl sites for hydroxylation is 1. The van der Waals surface area contributed by atoms with Crippen molar-refractivity contribution < 1.29 is 24.1 Å². The molecule has 1 aliphatic carbocycles. The maximum Gasteiger partial charge on any atom is 0.303 e. The Morgan fingerprint density at radius 2 is 2.15 bits per heavy atom. The van der Waals surface area contributed by atoms with Gasteiger partial charge in [0.05, 0.1) is 19.3 Å². The fraction of sp³-hybridized carbons (Fsp3) is 0.571. The van der Waals surface area contributed by atoms with Gasteiger partial charge in [0.1, 0.15) is 6.17 Å². The first kappa shape index (κ1) is 20.6. The Hall–Kier alpha value is -1.72. The van der Waals surface area contributed by atoms with Crippen LogP contribution in [0.5, 0.6) is 0 Å². The van der Waals surface area contributed by atoms with Crippen molar-refractivity contribution in [3.05, 3.63) is 47.5 Å². The van der Waals surface area contributed by atoms with Crippen molar-refractivity contribution in [1.82, 2.24) is 0 Å². The molecule has 2 rings (SSSR count). The Bertz CT molecular complexity index is 601. The van der Waals surface area contributed by atoms with E-state index >= 15 is 0 Å². The second kappa shape index (κ2) is 10.4. The summed E-state index contributed by atoms with van der Waals surface area (Å²) in [6.45, 7) is 2.82. The van der Waals surface area contributed by atoms with Crippen molar-refractivity contribution in [2.24, 2.45) is 11.8 Å². The lowest BCUT2D eigenvalue weighted by molar-refractivity contribution is -0.137. The van der Waals surface area contributed by atoms with E-state index in [0.29, 0.717) is 32.5 Å². The zero-order chi connectivity index (χ0) is 18.9. The van der Waals surface area contributed by atoms with Crippen molar-refractivity contribution >= 4 is 5.97 Å². The number of aliphatic hydroxyl groups excluding tert-OH is 1. The largest absolute Gasteiger partial charge is 0.481 e. The van der Waals surface area contributed by atoms with Crippen LogP contribution in [-0.2, 0) is 16.1 Å². The van der Waals surface area contributed by atoms with Gasteiger partial charge in [0.2, 0.25) is 0 Å². The zero-order valence-corrected chi connectivity index (χ0v) is 15.3. The molecule has 2 N–H and O–H groups in total. The van der Waals surface area contributed by atoms with Gasteiger partial charge in [-0.05, 0) is 31.7 Å². The van der Waals surface area contributed by atoms with Crippen molar-refractivity contribution in [2.75, 3.05) is 6.61 Å². The summed E-state index contributed by atoms with van der Waals surface area (Å²) in [6.07, 6.45) is 4.23. The van der Waals surface area contributed by atoms with E-state index in [0.717, 1.165) is 5.56 Å². The van der Waals surface area contributed by atoms with E-state index in [-0.39, 0.29) is 24.7 Å². The van der Waals surface area contributed by atoms with Crippen LogP contribution in [0.3, 0.4) is 0 Å². The lowest BCUT2D eigenvalue weighted by Gasteiger charge is -2.21. The molecule has 0 aliphatic heterocycles. The monoisotopic (exact) mass is 364 g/mol. The quantitative estimate of drug-likeness (QED) is 0.486. The number of aliphatic hydroxyl groups is 1. The number of alkyl halides is 1. The molecule has 1 saturated carbocycles. The van der Waals surface area contributed by atoms with E-state index in [1.807, 2.05) is 37.3 Å². The van der Waals surface area contributed by atoms with Gasteiger partial charge in [-0.25, -0.2) is 4.39 Å². The molecule has 1 aromatic rings. The Morgan fingerprint density at radius 1 is 1.35 bits per heavy atom. The number of benzene rings is 1. The highest BCUT2D eigenvalue weighted by atomic mass is 19.1. The first-order chi connectivity index (χ1) is 12.5. The lowest BCUT2D eigenvalue weighted by Crippen LogP contribution is -2.25. The standard InChI is InChI=1S/C21H29FO4/c1-15-7-6-8-16(11-15)13-26-14-18-17(19(22)12-20(18)23)9-4-2-3-5-10-21(24)25/h2,4,6-8,11,17-20,23H,3,5,9-10,12-14H2,1H3,(H,24,25)/b4-2-/t17-,18-,19-,20-/m0/s1. The van der Waals surface area contributed by atoms with Crippen molar-refractivity contribution in [3.63, 3.8) is 0 Å². The molecular weight excluding hydrogens is 335 g/mol. The third kappa shape index (κ3) is 6.54. The van der Waals surface area contributed by atoms with Crippen molar-refractivity contribution in [3.8, 4) is 0 Å². The molecule has 144 valence electrons. The molecule has 26 heavy (non-hydrogen) atoms. The van der Waals surface area contributed by atoms with Gasteiger partial charge in [-0.2, -0.15) is 0 Å². The number of halogens is 1. The normalized spacial score (nSPS) is 25.8. The van der Waals surface area contributed by atoms with Crippen LogP contribution in [-0.4, -0.2) is 35.1 Å². The molecule has 4 nitrogen and oxygen atoms in total. The van der Waals surface area contributed by atoms with Crippen LogP contribution in [0.25, 0.3) is 0 Å². The second-order valence-electron chi connectivity index (χ2n) is 7.14. The fourth-order valence-electron chi connectivity index (χ4n) is 3.55. The second-order valence-corrected chi connectivity index (χ2v) is 7.14. The molecule has 0 heterocycles. The summed E-state index contributed by atoms with van der Waals surface area (Å²) in [5.41, 5.74) is 2.24. The van der Waals surface area contributed by atoms with E-state index < -0.39 is 18.2 Å². The van der Waals surface area contributed by atoms with Gasteiger partial charge in [0.25, 0.3) is 0 Å². The van der Waals surface area contributed by atoms with Crippen LogP contribution in [0.2, 0.25) is 0 Å². The van der Waals surface area contributed by atoms with Crippen LogP contribution in [0.15, 0.2) is 36.4 Å². The number of ether oxygens (including phenoxy) is 1. The topological polar surface area (TPSA) is 66.8 Å². The summed E-state index contributed by atoms with van der Waals surface area (Å²) in [7, 11) is 0. The van der Waals surface area contributed by atoms with Crippen LogP contribution in [0.1, 0.15) is 43.2 Å². The summed E-state index contributed by atoms with van der Waals surface area (Å²) in [6, 6.07) is 8.05. The summed E-state index contributed by atoms with van der Waals surface area (Å²) < 4.78 is 20.0. The Balaban J connectivity index is 1.79. The summed E-state index contributed by atoms with van der Waals surface area (Å²) in [5.74, 6) is -1.26. The summed E-state index contributed by atoms with van der Waals surface area (Å²) in [5, 5.41) is 18.8. The average Bonchev–Trinajstić information content (AvgIpc) is 2.84. The lowest BCUT2D eigenvalue weighted by atomic mass is 9.91. The SMILES string of the molecule is Cc1cccc(COC[C@H]2[C@H](C/C=C\CCCC(=O)O)[C@@H](F)C[C@@H]2O)c1. The molecule has 1 aromatic carbocycles. The minimum absolute atomic E-state index is 0.146. The number of aliphatic carboxylic acids is 1. The number of hydrogen-bond donors (Lipinski definition) is 2.